The Balaban J connectivity index is 1.53. The predicted octanol–water partition coefficient (Wildman–Crippen LogP) is 2.98. The van der Waals surface area contributed by atoms with Gasteiger partial charge in [0.15, 0.2) is 6.61 Å². The molecular formula is C24H26N2O5. The Morgan fingerprint density at radius 3 is 2.48 bits per heavy atom. The van der Waals surface area contributed by atoms with Crippen molar-refractivity contribution < 1.29 is 23.5 Å². The third kappa shape index (κ3) is 6.18. The van der Waals surface area contributed by atoms with Crippen molar-refractivity contribution in [2.45, 2.75) is 32.9 Å². The second-order valence-corrected chi connectivity index (χ2v) is 7.57. The highest BCUT2D eigenvalue weighted by atomic mass is 16.5. The first-order valence-corrected chi connectivity index (χ1v) is 10.2. The lowest BCUT2D eigenvalue weighted by molar-refractivity contribution is -0.152. The second kappa shape index (κ2) is 10.4. The first-order valence-electron chi connectivity index (χ1n) is 10.2. The topological polar surface area (TPSA) is 97.6 Å². The number of hydrogen-bond donors (Lipinski definition) is 2. The molecular weight excluding hydrogens is 396 g/mol. The second-order valence-electron chi connectivity index (χ2n) is 7.57. The molecule has 0 aliphatic heterocycles. The van der Waals surface area contributed by atoms with Crippen LogP contribution >= 0.6 is 0 Å². The summed E-state index contributed by atoms with van der Waals surface area (Å²) in [6.45, 7) is 3.39. The smallest absolute Gasteiger partial charge is 0.329 e. The zero-order chi connectivity index (χ0) is 22.2. The van der Waals surface area contributed by atoms with Crippen molar-refractivity contribution in [1.29, 1.82) is 0 Å². The van der Waals surface area contributed by atoms with Crippen molar-refractivity contribution in [2.24, 2.45) is 5.92 Å². The Labute approximate surface area is 180 Å². The summed E-state index contributed by atoms with van der Waals surface area (Å²) in [5.74, 6) is -0.978. The Morgan fingerprint density at radius 2 is 1.74 bits per heavy atom. The minimum Gasteiger partial charge on any atom is -0.467 e. The lowest BCUT2D eigenvalue weighted by atomic mass is 10.0. The molecule has 2 amide bonds. The van der Waals surface area contributed by atoms with Crippen molar-refractivity contribution in [3.63, 3.8) is 0 Å². The molecule has 0 spiro atoms. The van der Waals surface area contributed by atoms with Gasteiger partial charge in [-0.25, -0.2) is 4.79 Å². The van der Waals surface area contributed by atoms with E-state index in [0.717, 1.165) is 16.3 Å². The van der Waals surface area contributed by atoms with Gasteiger partial charge in [0.25, 0.3) is 5.91 Å². The van der Waals surface area contributed by atoms with E-state index in [2.05, 4.69) is 10.6 Å². The number of furan rings is 1. The fraction of sp³-hybridized carbons (Fsp3) is 0.292. The SMILES string of the molecule is CC(C)[C@H](NC(=O)Cc1cccc2ccccc12)C(=O)OCC(=O)NCc1ccco1. The number of benzene rings is 2. The Morgan fingerprint density at radius 1 is 0.968 bits per heavy atom. The summed E-state index contributed by atoms with van der Waals surface area (Å²) in [5, 5.41) is 7.40. The van der Waals surface area contributed by atoms with Crippen LogP contribution in [0.25, 0.3) is 10.8 Å². The number of amides is 2. The zero-order valence-electron chi connectivity index (χ0n) is 17.6. The molecule has 0 aliphatic rings. The van der Waals surface area contributed by atoms with E-state index < -0.39 is 24.5 Å². The van der Waals surface area contributed by atoms with Gasteiger partial charge in [-0.2, -0.15) is 0 Å². The number of carbonyl (C=O) groups excluding carboxylic acids is 3. The number of rotatable bonds is 9. The van der Waals surface area contributed by atoms with Gasteiger partial charge in [-0.15, -0.1) is 0 Å². The lowest BCUT2D eigenvalue weighted by Gasteiger charge is -2.21. The molecule has 0 radical (unpaired) electrons. The van der Waals surface area contributed by atoms with Gasteiger partial charge in [-0.1, -0.05) is 56.3 Å². The van der Waals surface area contributed by atoms with Crippen molar-refractivity contribution in [1.82, 2.24) is 10.6 Å². The summed E-state index contributed by atoms with van der Waals surface area (Å²) in [7, 11) is 0. The van der Waals surface area contributed by atoms with Gasteiger partial charge in [0.05, 0.1) is 19.2 Å². The van der Waals surface area contributed by atoms with E-state index in [0.29, 0.717) is 5.76 Å². The number of carbonyl (C=O) groups is 3. The molecule has 7 heteroatoms. The number of fused-ring (bicyclic) bond motifs is 1. The monoisotopic (exact) mass is 422 g/mol. The minimum atomic E-state index is -0.847. The number of hydrogen-bond acceptors (Lipinski definition) is 5. The summed E-state index contributed by atoms with van der Waals surface area (Å²) >= 11 is 0. The van der Waals surface area contributed by atoms with Gasteiger partial charge in [0, 0.05) is 0 Å². The maximum absolute atomic E-state index is 12.6. The average molecular weight is 422 g/mol. The van der Waals surface area contributed by atoms with Crippen LogP contribution in [0, 0.1) is 5.92 Å². The first-order chi connectivity index (χ1) is 14.9. The molecule has 0 fully saturated rings. The maximum Gasteiger partial charge on any atom is 0.329 e. The van der Waals surface area contributed by atoms with Gasteiger partial charge in [-0.3, -0.25) is 9.59 Å². The van der Waals surface area contributed by atoms with E-state index in [1.807, 2.05) is 42.5 Å². The van der Waals surface area contributed by atoms with Gasteiger partial charge >= 0.3 is 5.97 Å². The molecule has 7 nitrogen and oxygen atoms in total. The standard InChI is InChI=1S/C24H26N2O5/c1-16(2)23(24(29)31-15-22(28)25-14-19-10-6-12-30-19)26-21(27)13-18-9-5-8-17-7-3-4-11-20(17)18/h3-12,16,23H,13-15H2,1-2H3,(H,25,28)(H,26,27)/t23-/m0/s1. The number of esters is 1. The largest absolute Gasteiger partial charge is 0.467 e. The average Bonchev–Trinajstić information content (AvgIpc) is 3.28. The molecule has 0 unspecified atom stereocenters. The third-order valence-electron chi connectivity index (χ3n) is 4.85. The minimum absolute atomic E-state index is 0.140. The van der Waals surface area contributed by atoms with Crippen LogP contribution in [0.3, 0.4) is 0 Å². The highest BCUT2D eigenvalue weighted by Gasteiger charge is 2.26. The maximum atomic E-state index is 12.6. The van der Waals surface area contributed by atoms with E-state index >= 15 is 0 Å². The molecule has 0 bridgehead atoms. The van der Waals surface area contributed by atoms with E-state index in [1.54, 1.807) is 26.0 Å². The molecule has 2 aromatic carbocycles. The summed E-state index contributed by atoms with van der Waals surface area (Å²) < 4.78 is 10.3. The van der Waals surface area contributed by atoms with Gasteiger partial charge in [-0.05, 0) is 34.4 Å². The van der Waals surface area contributed by atoms with Crippen molar-refractivity contribution in [3.05, 3.63) is 72.2 Å². The summed E-state index contributed by atoms with van der Waals surface area (Å²) in [5.41, 5.74) is 0.878. The molecule has 0 saturated carbocycles. The van der Waals surface area contributed by atoms with Crippen LogP contribution < -0.4 is 10.6 Å². The van der Waals surface area contributed by atoms with Crippen LogP contribution in [0.4, 0.5) is 0 Å². The molecule has 1 heterocycles. The Hall–Kier alpha value is -3.61. The highest BCUT2D eigenvalue weighted by Crippen LogP contribution is 2.19. The number of nitrogens with one attached hydrogen (secondary N) is 2. The predicted molar refractivity (Wildman–Crippen MR) is 116 cm³/mol. The Kier molecular flexibility index (Phi) is 7.43. The molecule has 2 N–H and O–H groups in total. The zero-order valence-corrected chi connectivity index (χ0v) is 17.6. The van der Waals surface area contributed by atoms with Crippen molar-refractivity contribution >= 4 is 28.6 Å². The van der Waals surface area contributed by atoms with E-state index in [4.69, 9.17) is 9.15 Å². The van der Waals surface area contributed by atoms with Crippen LogP contribution in [0.15, 0.2) is 65.3 Å². The van der Waals surface area contributed by atoms with Crippen LogP contribution in [-0.2, 0) is 32.1 Å². The first kappa shape index (κ1) is 22.1. The summed E-state index contributed by atoms with van der Waals surface area (Å²) in [6, 6.07) is 16.2. The molecule has 3 rings (SSSR count). The van der Waals surface area contributed by atoms with Gasteiger partial charge in [0.2, 0.25) is 5.91 Å². The highest BCUT2D eigenvalue weighted by molar-refractivity contribution is 5.92. The quantitative estimate of drug-likeness (QED) is 0.517. The molecule has 162 valence electrons. The number of ether oxygens (including phenoxy) is 1. The van der Waals surface area contributed by atoms with Crippen LogP contribution in [0.2, 0.25) is 0 Å². The van der Waals surface area contributed by atoms with Crippen LogP contribution in [0.5, 0.6) is 0 Å². The summed E-state index contributed by atoms with van der Waals surface area (Å²) in [4.78, 5) is 37.0. The molecule has 1 atom stereocenters. The lowest BCUT2D eigenvalue weighted by Crippen LogP contribution is -2.46. The molecule has 0 aliphatic carbocycles. The van der Waals surface area contributed by atoms with Crippen molar-refractivity contribution in [2.75, 3.05) is 6.61 Å². The van der Waals surface area contributed by atoms with Gasteiger partial charge in [0.1, 0.15) is 11.8 Å². The van der Waals surface area contributed by atoms with Crippen molar-refractivity contribution in [3.8, 4) is 0 Å². The fourth-order valence-corrected chi connectivity index (χ4v) is 3.22. The molecule has 0 saturated heterocycles. The van der Waals surface area contributed by atoms with E-state index in [9.17, 15) is 14.4 Å². The van der Waals surface area contributed by atoms with Gasteiger partial charge < -0.3 is 19.8 Å². The normalized spacial score (nSPS) is 11.8. The van der Waals surface area contributed by atoms with Crippen LogP contribution in [-0.4, -0.2) is 30.4 Å². The summed E-state index contributed by atoms with van der Waals surface area (Å²) in [6.07, 6.45) is 1.65. The fourth-order valence-electron chi connectivity index (χ4n) is 3.22. The molecule has 1 aromatic heterocycles. The van der Waals surface area contributed by atoms with Crippen LogP contribution in [0.1, 0.15) is 25.2 Å². The molecule has 31 heavy (non-hydrogen) atoms. The van der Waals surface area contributed by atoms with E-state index in [1.165, 1.54) is 6.26 Å². The van der Waals surface area contributed by atoms with E-state index in [-0.39, 0.29) is 24.8 Å². The Bertz CT molecular complexity index is 1040. The molecule has 3 aromatic rings. The third-order valence-corrected chi connectivity index (χ3v) is 4.85.